The Morgan fingerprint density at radius 3 is 2.85 bits per heavy atom. The Morgan fingerprint density at radius 1 is 1.27 bits per heavy atom. The van der Waals surface area contributed by atoms with Crippen LogP contribution in [0, 0.1) is 11.8 Å². The maximum Gasteiger partial charge on any atom is 0.226 e. The third-order valence-electron chi connectivity index (χ3n) is 5.23. The van der Waals surface area contributed by atoms with Gasteiger partial charge >= 0.3 is 0 Å². The van der Waals surface area contributed by atoms with Crippen LogP contribution in [0.4, 0.5) is 0 Å². The van der Waals surface area contributed by atoms with E-state index < -0.39 is 0 Å². The zero-order chi connectivity index (χ0) is 18.1. The number of hydrogen-bond acceptors (Lipinski definition) is 4. The number of aromatic nitrogens is 3. The van der Waals surface area contributed by atoms with E-state index in [1.165, 1.54) is 0 Å². The van der Waals surface area contributed by atoms with Crippen molar-refractivity contribution in [1.82, 2.24) is 25.0 Å². The van der Waals surface area contributed by atoms with Crippen molar-refractivity contribution in [2.75, 3.05) is 6.54 Å². The summed E-state index contributed by atoms with van der Waals surface area (Å²) in [4.78, 5) is 31.1. The quantitative estimate of drug-likeness (QED) is 0.884. The first-order valence-electron chi connectivity index (χ1n) is 9.09. The van der Waals surface area contributed by atoms with E-state index in [1.54, 1.807) is 12.4 Å². The fourth-order valence-electron chi connectivity index (χ4n) is 3.59. The average Bonchev–Trinajstić information content (AvgIpc) is 3.18. The highest BCUT2D eigenvalue weighted by molar-refractivity contribution is 5.82. The maximum absolute atomic E-state index is 12.6. The molecule has 26 heavy (non-hydrogen) atoms. The molecule has 2 aliphatic rings. The lowest BCUT2D eigenvalue weighted by Gasteiger charge is -2.34. The standard InChI is InChI=1S/C19H23N5O2/c1-13-8-17(13)19(26)23-11-15-5-7-22-24(15)16(12-23)9-18(25)21-10-14-4-2-3-6-20-14/h2-7,13,16-17H,8-12H2,1H3,(H,21,25)/t13-,16-,17+/m1/s1. The van der Waals surface area contributed by atoms with E-state index in [4.69, 9.17) is 0 Å². The Morgan fingerprint density at radius 2 is 2.12 bits per heavy atom. The molecule has 7 heteroatoms. The molecule has 0 radical (unpaired) electrons. The number of hydrogen-bond donors (Lipinski definition) is 1. The maximum atomic E-state index is 12.6. The predicted octanol–water partition coefficient (Wildman–Crippen LogP) is 1.52. The third kappa shape index (κ3) is 3.47. The lowest BCUT2D eigenvalue weighted by Crippen LogP contribution is -2.43. The van der Waals surface area contributed by atoms with Crippen LogP contribution in [0.5, 0.6) is 0 Å². The highest BCUT2D eigenvalue weighted by atomic mass is 16.2. The van der Waals surface area contributed by atoms with Crippen molar-refractivity contribution in [3.63, 3.8) is 0 Å². The van der Waals surface area contributed by atoms with Gasteiger partial charge in [-0.25, -0.2) is 0 Å². The summed E-state index contributed by atoms with van der Waals surface area (Å²) in [6.07, 6.45) is 4.72. The molecular formula is C19H23N5O2. The van der Waals surface area contributed by atoms with Crippen LogP contribution < -0.4 is 5.32 Å². The molecule has 2 aromatic rings. The van der Waals surface area contributed by atoms with Gasteiger partial charge in [-0.1, -0.05) is 13.0 Å². The second-order valence-corrected chi connectivity index (χ2v) is 7.26. The SMILES string of the molecule is C[C@@H]1C[C@@H]1C(=O)N1Cc2ccnn2[C@H](CC(=O)NCc2ccccn2)C1. The van der Waals surface area contributed by atoms with Crippen LogP contribution >= 0.6 is 0 Å². The molecule has 1 N–H and O–H groups in total. The molecule has 0 bridgehead atoms. The van der Waals surface area contributed by atoms with E-state index in [-0.39, 0.29) is 23.8 Å². The number of nitrogens with zero attached hydrogens (tertiary/aromatic N) is 4. The zero-order valence-corrected chi connectivity index (χ0v) is 14.8. The van der Waals surface area contributed by atoms with Crippen LogP contribution in [-0.4, -0.2) is 38.0 Å². The summed E-state index contributed by atoms with van der Waals surface area (Å²) < 4.78 is 1.89. The highest BCUT2D eigenvalue weighted by Crippen LogP contribution is 2.40. The van der Waals surface area contributed by atoms with Gasteiger partial charge in [0.25, 0.3) is 0 Å². The van der Waals surface area contributed by atoms with Gasteiger partial charge in [-0.3, -0.25) is 19.3 Å². The van der Waals surface area contributed by atoms with E-state index in [0.717, 1.165) is 17.8 Å². The van der Waals surface area contributed by atoms with Crippen molar-refractivity contribution < 1.29 is 9.59 Å². The van der Waals surface area contributed by atoms with Crippen LogP contribution in [-0.2, 0) is 22.7 Å². The Hall–Kier alpha value is -2.70. The molecule has 7 nitrogen and oxygen atoms in total. The van der Waals surface area contributed by atoms with Crippen molar-refractivity contribution in [3.8, 4) is 0 Å². The summed E-state index contributed by atoms with van der Waals surface area (Å²) >= 11 is 0. The molecule has 136 valence electrons. The molecule has 0 saturated heterocycles. The molecule has 1 aliphatic carbocycles. The zero-order valence-electron chi connectivity index (χ0n) is 14.8. The summed E-state index contributed by atoms with van der Waals surface area (Å²) in [5.74, 6) is 0.789. The summed E-state index contributed by atoms with van der Waals surface area (Å²) in [6.45, 7) is 3.63. The first kappa shape index (κ1) is 16.8. The van der Waals surface area contributed by atoms with Gasteiger partial charge < -0.3 is 10.2 Å². The molecule has 3 heterocycles. The number of nitrogens with one attached hydrogen (secondary N) is 1. The summed E-state index contributed by atoms with van der Waals surface area (Å²) in [6, 6.07) is 7.42. The molecular weight excluding hydrogens is 330 g/mol. The molecule has 1 aliphatic heterocycles. The van der Waals surface area contributed by atoms with Gasteiger partial charge in [0.1, 0.15) is 0 Å². The summed E-state index contributed by atoms with van der Waals surface area (Å²) in [7, 11) is 0. The van der Waals surface area contributed by atoms with Gasteiger partial charge in [0.15, 0.2) is 0 Å². The normalized spacial score (nSPS) is 24.0. The second-order valence-electron chi connectivity index (χ2n) is 7.26. The van der Waals surface area contributed by atoms with Crippen LogP contribution in [0.15, 0.2) is 36.7 Å². The average molecular weight is 353 g/mol. The summed E-state index contributed by atoms with van der Waals surface area (Å²) in [5.41, 5.74) is 1.81. The first-order chi connectivity index (χ1) is 12.6. The van der Waals surface area contributed by atoms with Crippen molar-refractivity contribution in [3.05, 3.63) is 48.0 Å². The molecule has 3 atom stereocenters. The first-order valence-corrected chi connectivity index (χ1v) is 9.09. The Kier molecular flexibility index (Phi) is 4.44. The lowest BCUT2D eigenvalue weighted by atomic mass is 10.1. The second kappa shape index (κ2) is 6.90. The van der Waals surface area contributed by atoms with Crippen LogP contribution in [0.3, 0.4) is 0 Å². The Bertz CT molecular complexity index is 803. The van der Waals surface area contributed by atoms with E-state index in [2.05, 4.69) is 22.3 Å². The Balaban J connectivity index is 1.40. The smallest absolute Gasteiger partial charge is 0.226 e. The molecule has 1 saturated carbocycles. The van der Waals surface area contributed by atoms with Gasteiger partial charge in [-0.15, -0.1) is 0 Å². The van der Waals surface area contributed by atoms with Crippen LogP contribution in [0.1, 0.15) is 37.2 Å². The molecule has 0 spiro atoms. The number of pyridine rings is 1. The molecule has 1 fully saturated rings. The van der Waals surface area contributed by atoms with Gasteiger partial charge in [0.2, 0.25) is 11.8 Å². The monoisotopic (exact) mass is 353 g/mol. The van der Waals surface area contributed by atoms with E-state index in [9.17, 15) is 9.59 Å². The van der Waals surface area contributed by atoms with Crippen molar-refractivity contribution in [1.29, 1.82) is 0 Å². The van der Waals surface area contributed by atoms with Crippen molar-refractivity contribution >= 4 is 11.8 Å². The molecule has 0 aromatic carbocycles. The van der Waals surface area contributed by atoms with E-state index in [0.29, 0.717) is 32.0 Å². The predicted molar refractivity (Wildman–Crippen MR) is 94.7 cm³/mol. The van der Waals surface area contributed by atoms with Gasteiger partial charge in [0, 0.05) is 24.9 Å². The number of fused-ring (bicyclic) bond motifs is 1. The minimum atomic E-state index is -0.129. The van der Waals surface area contributed by atoms with E-state index >= 15 is 0 Å². The molecule has 2 aromatic heterocycles. The number of carbonyl (C=O) groups is 2. The van der Waals surface area contributed by atoms with Gasteiger partial charge in [0.05, 0.1) is 36.9 Å². The molecule has 0 unspecified atom stereocenters. The summed E-state index contributed by atoms with van der Waals surface area (Å²) in [5, 5.41) is 7.27. The van der Waals surface area contributed by atoms with Crippen molar-refractivity contribution in [2.24, 2.45) is 11.8 Å². The number of amides is 2. The van der Waals surface area contributed by atoms with Gasteiger partial charge in [-0.05, 0) is 30.5 Å². The number of rotatable bonds is 5. The minimum absolute atomic E-state index is 0.0591. The molecule has 2 amide bonds. The van der Waals surface area contributed by atoms with Crippen LogP contribution in [0.2, 0.25) is 0 Å². The minimum Gasteiger partial charge on any atom is -0.350 e. The van der Waals surface area contributed by atoms with Crippen molar-refractivity contribution in [2.45, 2.75) is 38.9 Å². The highest BCUT2D eigenvalue weighted by Gasteiger charge is 2.43. The van der Waals surface area contributed by atoms with Gasteiger partial charge in [-0.2, -0.15) is 5.10 Å². The third-order valence-corrected chi connectivity index (χ3v) is 5.23. The lowest BCUT2D eigenvalue weighted by molar-refractivity contribution is -0.136. The largest absolute Gasteiger partial charge is 0.350 e. The topological polar surface area (TPSA) is 80.1 Å². The van der Waals surface area contributed by atoms with Crippen LogP contribution in [0.25, 0.3) is 0 Å². The molecule has 4 rings (SSSR count). The fraction of sp³-hybridized carbons (Fsp3) is 0.474. The Labute approximate surface area is 152 Å². The fourth-order valence-corrected chi connectivity index (χ4v) is 3.59. The van der Waals surface area contributed by atoms with E-state index in [1.807, 2.05) is 33.8 Å². The number of carbonyl (C=O) groups excluding carboxylic acids is 2.